The van der Waals surface area contributed by atoms with Crippen LogP contribution in [0.4, 0.5) is 0 Å². The Morgan fingerprint density at radius 3 is 2.29 bits per heavy atom. The number of rotatable bonds is 19. The summed E-state index contributed by atoms with van der Waals surface area (Å²) in [5.41, 5.74) is 1.18. The molecule has 7 heteroatoms. The zero-order chi connectivity index (χ0) is 22.9. The molecule has 1 aromatic carbocycles. The van der Waals surface area contributed by atoms with Gasteiger partial charge < -0.3 is 24.4 Å². The number of hydrogen-bond acceptors (Lipinski definition) is 5. The number of ether oxygens (including phenoxy) is 3. The molecule has 0 saturated heterocycles. The zero-order valence-corrected chi connectivity index (χ0v) is 18.9. The van der Waals surface area contributed by atoms with Gasteiger partial charge in [0.15, 0.2) is 11.5 Å². The Bertz CT molecular complexity index is 645. The van der Waals surface area contributed by atoms with E-state index in [0.29, 0.717) is 44.2 Å². The van der Waals surface area contributed by atoms with Gasteiger partial charge in [0.25, 0.3) is 0 Å². The largest absolute Gasteiger partial charge is 0.490 e. The van der Waals surface area contributed by atoms with Crippen LogP contribution >= 0.6 is 0 Å². The fourth-order valence-corrected chi connectivity index (χ4v) is 3.14. The van der Waals surface area contributed by atoms with Crippen LogP contribution in [-0.2, 0) is 20.7 Å². The molecule has 176 valence electrons. The van der Waals surface area contributed by atoms with Gasteiger partial charge in [0.1, 0.15) is 0 Å². The lowest BCUT2D eigenvalue weighted by Gasteiger charge is -2.14. The molecule has 0 aromatic heterocycles. The molecule has 0 heterocycles. The van der Waals surface area contributed by atoms with Gasteiger partial charge in [-0.25, -0.2) is 0 Å². The number of carbonyl (C=O) groups is 2. The van der Waals surface area contributed by atoms with Crippen LogP contribution in [0.3, 0.4) is 0 Å². The number of carboxylic acid groups (broad SMARTS) is 2. The van der Waals surface area contributed by atoms with E-state index in [2.05, 4.69) is 0 Å². The molecule has 2 N–H and O–H groups in total. The summed E-state index contributed by atoms with van der Waals surface area (Å²) >= 11 is 0. The second-order valence-electron chi connectivity index (χ2n) is 7.87. The Balaban J connectivity index is 2.48. The minimum absolute atomic E-state index is 0.151. The molecule has 7 nitrogen and oxygen atoms in total. The van der Waals surface area contributed by atoms with Crippen LogP contribution in [0, 0.1) is 5.92 Å². The maximum Gasteiger partial charge on any atom is 0.306 e. The highest BCUT2D eigenvalue weighted by Crippen LogP contribution is 2.29. The first kappa shape index (κ1) is 26.8. The number of aryl methyl sites for hydroxylation is 1. The maximum absolute atomic E-state index is 10.8. The quantitative estimate of drug-likeness (QED) is 0.295. The minimum Gasteiger partial charge on any atom is -0.490 e. The molecule has 0 aliphatic heterocycles. The van der Waals surface area contributed by atoms with Gasteiger partial charge in [-0.1, -0.05) is 32.3 Å². The van der Waals surface area contributed by atoms with Crippen molar-refractivity contribution in [2.75, 3.05) is 26.9 Å². The number of methoxy groups -OCH3 is 1. The lowest BCUT2D eigenvalue weighted by Crippen LogP contribution is -2.08. The van der Waals surface area contributed by atoms with E-state index in [0.717, 1.165) is 44.9 Å². The molecule has 0 bridgehead atoms. The fraction of sp³-hybridized carbons (Fsp3) is 0.667. The van der Waals surface area contributed by atoms with E-state index in [1.165, 1.54) is 5.56 Å². The minimum atomic E-state index is -0.789. The predicted octanol–water partition coefficient (Wildman–Crippen LogP) is 4.95. The molecule has 1 atom stereocenters. The third-order valence-corrected chi connectivity index (χ3v) is 5.08. The van der Waals surface area contributed by atoms with Crippen molar-refractivity contribution in [1.29, 1.82) is 0 Å². The van der Waals surface area contributed by atoms with Crippen LogP contribution in [0.2, 0.25) is 0 Å². The van der Waals surface area contributed by atoms with Crippen LogP contribution in [0.25, 0.3) is 0 Å². The molecule has 0 aliphatic rings. The van der Waals surface area contributed by atoms with Gasteiger partial charge in [-0.2, -0.15) is 0 Å². The van der Waals surface area contributed by atoms with Crippen molar-refractivity contribution in [3.8, 4) is 11.5 Å². The van der Waals surface area contributed by atoms with Gasteiger partial charge >= 0.3 is 11.9 Å². The van der Waals surface area contributed by atoms with Crippen LogP contribution < -0.4 is 9.47 Å². The van der Waals surface area contributed by atoms with Crippen LogP contribution in [0.5, 0.6) is 11.5 Å². The van der Waals surface area contributed by atoms with Crippen molar-refractivity contribution in [3.05, 3.63) is 23.8 Å². The third-order valence-electron chi connectivity index (χ3n) is 5.08. The highest BCUT2D eigenvalue weighted by molar-refractivity contribution is 5.69. The lowest BCUT2D eigenvalue weighted by atomic mass is 10.0. The molecule has 31 heavy (non-hydrogen) atoms. The number of aliphatic carboxylic acids is 2. The standard InChI is InChI=1S/C24H38O7/c1-19(24(27)28)10-5-3-4-6-11-20-13-14-21(30-16-8-7-12-23(25)26)22(18-20)31-17-9-15-29-2/h13-14,18-19H,3-12,15-17H2,1-2H3,(H,25,26)(H,27,28)/t19-/m1/s1. The van der Waals surface area contributed by atoms with Gasteiger partial charge in [-0.3, -0.25) is 9.59 Å². The summed E-state index contributed by atoms with van der Waals surface area (Å²) in [5.74, 6) is -0.388. The van der Waals surface area contributed by atoms with Crippen LogP contribution in [0.1, 0.15) is 70.3 Å². The SMILES string of the molecule is COCCCOc1cc(CCCCCC[C@@H](C)C(=O)O)ccc1OCCCCC(=O)O. The normalized spacial score (nSPS) is 11.8. The smallest absolute Gasteiger partial charge is 0.306 e. The Morgan fingerprint density at radius 2 is 1.58 bits per heavy atom. The van der Waals surface area contributed by atoms with Crippen molar-refractivity contribution in [2.24, 2.45) is 5.92 Å². The van der Waals surface area contributed by atoms with Crippen LogP contribution in [-0.4, -0.2) is 49.1 Å². The van der Waals surface area contributed by atoms with E-state index in [9.17, 15) is 9.59 Å². The van der Waals surface area contributed by atoms with Crippen molar-refractivity contribution < 1.29 is 34.0 Å². The average Bonchev–Trinajstić information content (AvgIpc) is 2.74. The van der Waals surface area contributed by atoms with E-state index in [1.54, 1.807) is 14.0 Å². The second-order valence-corrected chi connectivity index (χ2v) is 7.87. The summed E-state index contributed by atoms with van der Waals surface area (Å²) < 4.78 is 16.8. The monoisotopic (exact) mass is 438 g/mol. The summed E-state index contributed by atoms with van der Waals surface area (Å²) in [6.07, 6.45) is 7.95. The highest BCUT2D eigenvalue weighted by Gasteiger charge is 2.10. The molecule has 0 spiro atoms. The van der Waals surface area contributed by atoms with Crippen molar-refractivity contribution in [3.63, 3.8) is 0 Å². The van der Waals surface area contributed by atoms with E-state index >= 15 is 0 Å². The average molecular weight is 439 g/mol. The van der Waals surface area contributed by atoms with E-state index < -0.39 is 11.9 Å². The van der Waals surface area contributed by atoms with E-state index in [1.807, 2.05) is 18.2 Å². The first-order valence-electron chi connectivity index (χ1n) is 11.3. The summed E-state index contributed by atoms with van der Waals surface area (Å²) in [6.45, 7) is 3.38. The van der Waals surface area contributed by atoms with E-state index in [-0.39, 0.29) is 12.3 Å². The summed E-state index contributed by atoms with van der Waals surface area (Å²) in [6, 6.07) is 5.99. The number of carboxylic acids is 2. The molecule has 0 radical (unpaired) electrons. The predicted molar refractivity (Wildman–Crippen MR) is 119 cm³/mol. The first-order chi connectivity index (χ1) is 14.9. The fourth-order valence-electron chi connectivity index (χ4n) is 3.14. The number of benzene rings is 1. The van der Waals surface area contributed by atoms with Gasteiger partial charge in [0, 0.05) is 26.6 Å². The molecule has 1 aromatic rings. The van der Waals surface area contributed by atoms with E-state index in [4.69, 9.17) is 24.4 Å². The molecular formula is C24H38O7. The topological polar surface area (TPSA) is 102 Å². The highest BCUT2D eigenvalue weighted by atomic mass is 16.5. The molecule has 0 unspecified atom stereocenters. The number of hydrogen-bond donors (Lipinski definition) is 2. The summed E-state index contributed by atoms with van der Waals surface area (Å²) in [7, 11) is 1.66. The molecular weight excluding hydrogens is 400 g/mol. The van der Waals surface area contributed by atoms with Gasteiger partial charge in [-0.05, 0) is 49.8 Å². The second kappa shape index (κ2) is 16.4. The van der Waals surface area contributed by atoms with Gasteiger partial charge in [-0.15, -0.1) is 0 Å². The summed E-state index contributed by atoms with van der Waals surface area (Å²) in [4.78, 5) is 21.4. The zero-order valence-electron chi connectivity index (χ0n) is 18.9. The summed E-state index contributed by atoms with van der Waals surface area (Å²) in [5, 5.41) is 17.6. The van der Waals surface area contributed by atoms with Gasteiger partial charge in [0.2, 0.25) is 0 Å². The van der Waals surface area contributed by atoms with Gasteiger partial charge in [0.05, 0.1) is 19.1 Å². The Kier molecular flexibility index (Phi) is 14.2. The van der Waals surface area contributed by atoms with Crippen molar-refractivity contribution >= 4 is 11.9 Å². The molecule has 1 rings (SSSR count). The van der Waals surface area contributed by atoms with Crippen molar-refractivity contribution in [2.45, 2.75) is 71.1 Å². The molecule has 0 saturated carbocycles. The molecule has 0 amide bonds. The Labute approximate surface area is 185 Å². The molecule has 0 fully saturated rings. The third kappa shape index (κ3) is 12.9. The maximum atomic E-state index is 10.8. The lowest BCUT2D eigenvalue weighted by molar-refractivity contribution is -0.141. The first-order valence-corrected chi connectivity index (χ1v) is 11.3. The van der Waals surface area contributed by atoms with Crippen LogP contribution in [0.15, 0.2) is 18.2 Å². The molecule has 0 aliphatic carbocycles. The Morgan fingerprint density at radius 1 is 0.871 bits per heavy atom. The van der Waals surface area contributed by atoms with Crippen molar-refractivity contribution in [1.82, 2.24) is 0 Å². The number of unbranched alkanes of at least 4 members (excludes halogenated alkanes) is 4. The Hall–Kier alpha value is -2.28.